The van der Waals surface area contributed by atoms with Crippen molar-refractivity contribution < 1.29 is 4.79 Å². The minimum absolute atomic E-state index is 0.0241. The van der Waals surface area contributed by atoms with Crippen molar-refractivity contribution in [3.8, 4) is 0 Å². The standard InChI is InChI=1S/C27H28N2O/c1-27(2,3)29-26(30)23-16-8-15-22-19-12-7-14-21(19)24(28-25(22)23)20-13-6-10-17-9-4-5-11-18(17)20/h4-13,15-16,19,21,24,28H,14H2,1-3H3,(H,29,30). The van der Waals surface area contributed by atoms with Crippen LogP contribution in [0.25, 0.3) is 10.8 Å². The normalized spacial score (nSPS) is 22.3. The van der Waals surface area contributed by atoms with Crippen molar-refractivity contribution in [2.75, 3.05) is 5.32 Å². The van der Waals surface area contributed by atoms with Gasteiger partial charge in [0.1, 0.15) is 0 Å². The predicted octanol–water partition coefficient (Wildman–Crippen LogP) is 6.19. The first-order chi connectivity index (χ1) is 14.4. The molecule has 152 valence electrons. The van der Waals surface area contributed by atoms with Crippen molar-refractivity contribution in [2.45, 2.75) is 44.7 Å². The minimum Gasteiger partial charge on any atom is -0.377 e. The Bertz CT molecular complexity index is 1150. The van der Waals surface area contributed by atoms with Crippen molar-refractivity contribution in [3.05, 3.63) is 89.5 Å². The van der Waals surface area contributed by atoms with E-state index >= 15 is 0 Å². The van der Waals surface area contributed by atoms with Gasteiger partial charge in [0.2, 0.25) is 0 Å². The summed E-state index contributed by atoms with van der Waals surface area (Å²) < 4.78 is 0. The van der Waals surface area contributed by atoms with E-state index < -0.39 is 0 Å². The van der Waals surface area contributed by atoms with Crippen LogP contribution < -0.4 is 10.6 Å². The smallest absolute Gasteiger partial charge is 0.253 e. The van der Waals surface area contributed by atoms with Crippen LogP contribution >= 0.6 is 0 Å². The number of nitrogens with one attached hydrogen (secondary N) is 2. The zero-order valence-corrected chi connectivity index (χ0v) is 17.8. The van der Waals surface area contributed by atoms with E-state index in [0.29, 0.717) is 11.8 Å². The molecule has 0 fully saturated rings. The summed E-state index contributed by atoms with van der Waals surface area (Å²) in [6.45, 7) is 6.05. The number of hydrogen-bond donors (Lipinski definition) is 2. The second kappa shape index (κ2) is 7.02. The first-order valence-corrected chi connectivity index (χ1v) is 10.8. The maximum absolute atomic E-state index is 13.1. The van der Waals surface area contributed by atoms with Gasteiger partial charge in [-0.05, 0) is 61.1 Å². The average molecular weight is 397 g/mol. The maximum Gasteiger partial charge on any atom is 0.253 e. The highest BCUT2D eigenvalue weighted by atomic mass is 16.1. The SMILES string of the molecule is CC(C)(C)NC(=O)c1cccc2c1NC(c1cccc3ccccc13)C1CC=CC21. The van der Waals surface area contributed by atoms with Gasteiger partial charge < -0.3 is 10.6 Å². The summed E-state index contributed by atoms with van der Waals surface area (Å²) in [6, 6.07) is 21.4. The minimum atomic E-state index is -0.278. The van der Waals surface area contributed by atoms with Crippen LogP contribution in [-0.4, -0.2) is 11.4 Å². The molecule has 0 spiro atoms. The Morgan fingerprint density at radius 1 is 0.967 bits per heavy atom. The molecular weight excluding hydrogens is 368 g/mol. The Kier molecular flexibility index (Phi) is 4.43. The Morgan fingerprint density at radius 2 is 1.70 bits per heavy atom. The lowest BCUT2D eigenvalue weighted by Crippen LogP contribution is -2.41. The van der Waals surface area contributed by atoms with Crippen LogP contribution in [0.15, 0.2) is 72.8 Å². The molecule has 3 unspecified atom stereocenters. The topological polar surface area (TPSA) is 41.1 Å². The van der Waals surface area contributed by atoms with E-state index in [0.717, 1.165) is 17.7 Å². The van der Waals surface area contributed by atoms with Crippen molar-refractivity contribution in [3.63, 3.8) is 0 Å². The number of benzene rings is 3. The maximum atomic E-state index is 13.1. The molecule has 3 heteroatoms. The second-order valence-electron chi connectivity index (χ2n) is 9.52. The number of fused-ring (bicyclic) bond motifs is 4. The van der Waals surface area contributed by atoms with Gasteiger partial charge in [0, 0.05) is 11.5 Å². The Labute approximate surface area is 178 Å². The summed E-state index contributed by atoms with van der Waals surface area (Å²) in [6.07, 6.45) is 5.67. The largest absolute Gasteiger partial charge is 0.377 e. The van der Waals surface area contributed by atoms with Gasteiger partial charge in [-0.2, -0.15) is 0 Å². The monoisotopic (exact) mass is 396 g/mol. The molecule has 0 aromatic heterocycles. The number of para-hydroxylation sites is 1. The average Bonchev–Trinajstić information content (AvgIpc) is 3.21. The van der Waals surface area contributed by atoms with Gasteiger partial charge in [0.25, 0.3) is 5.91 Å². The lowest BCUT2D eigenvalue weighted by atomic mass is 9.75. The summed E-state index contributed by atoms with van der Waals surface area (Å²) in [5, 5.41) is 9.48. The van der Waals surface area contributed by atoms with Crippen LogP contribution in [0.1, 0.15) is 60.6 Å². The Balaban J connectivity index is 1.63. The molecule has 0 saturated heterocycles. The van der Waals surface area contributed by atoms with Crippen LogP contribution in [0.5, 0.6) is 0 Å². The zero-order valence-electron chi connectivity index (χ0n) is 17.8. The number of allylic oxidation sites excluding steroid dienone is 2. The molecule has 1 aliphatic heterocycles. The highest BCUT2D eigenvalue weighted by molar-refractivity contribution is 6.01. The van der Waals surface area contributed by atoms with Crippen LogP contribution in [0, 0.1) is 5.92 Å². The fourth-order valence-electron chi connectivity index (χ4n) is 5.05. The molecule has 5 rings (SSSR count). The molecule has 30 heavy (non-hydrogen) atoms. The van der Waals surface area contributed by atoms with Gasteiger partial charge >= 0.3 is 0 Å². The third-order valence-electron chi connectivity index (χ3n) is 6.29. The van der Waals surface area contributed by atoms with Crippen molar-refractivity contribution >= 4 is 22.4 Å². The molecule has 1 heterocycles. The number of hydrogen-bond acceptors (Lipinski definition) is 2. The summed E-state index contributed by atoms with van der Waals surface area (Å²) in [4.78, 5) is 13.1. The number of amides is 1. The van der Waals surface area contributed by atoms with Crippen molar-refractivity contribution in [2.24, 2.45) is 5.92 Å². The van der Waals surface area contributed by atoms with Crippen molar-refractivity contribution in [1.29, 1.82) is 0 Å². The fraction of sp³-hybridized carbons (Fsp3) is 0.296. The second-order valence-corrected chi connectivity index (χ2v) is 9.52. The molecule has 3 nitrogen and oxygen atoms in total. The first kappa shape index (κ1) is 18.9. The highest BCUT2D eigenvalue weighted by Crippen LogP contribution is 2.51. The quantitative estimate of drug-likeness (QED) is 0.507. The number of anilines is 1. The number of carbonyl (C=O) groups is 1. The molecule has 2 N–H and O–H groups in total. The van der Waals surface area contributed by atoms with Gasteiger partial charge in [-0.3, -0.25) is 4.79 Å². The van der Waals surface area contributed by atoms with Crippen molar-refractivity contribution in [1.82, 2.24) is 5.32 Å². The van der Waals surface area contributed by atoms with E-state index in [1.165, 1.54) is 21.9 Å². The Hall–Kier alpha value is -3.07. The molecule has 1 aliphatic carbocycles. The summed E-state index contributed by atoms with van der Waals surface area (Å²) in [7, 11) is 0. The van der Waals surface area contributed by atoms with E-state index in [1.54, 1.807) is 0 Å². The summed E-state index contributed by atoms with van der Waals surface area (Å²) in [5.74, 6) is 0.751. The first-order valence-electron chi connectivity index (χ1n) is 10.8. The van der Waals surface area contributed by atoms with E-state index in [1.807, 2.05) is 32.9 Å². The molecule has 0 saturated carbocycles. The summed E-state index contributed by atoms with van der Waals surface area (Å²) >= 11 is 0. The molecule has 1 amide bonds. The molecule has 2 aliphatic rings. The third kappa shape index (κ3) is 3.19. The van der Waals surface area contributed by atoms with Crippen LogP contribution in [0.3, 0.4) is 0 Å². The molecule has 0 bridgehead atoms. The Morgan fingerprint density at radius 3 is 2.53 bits per heavy atom. The van der Waals surface area contributed by atoms with Crippen LogP contribution in [0.2, 0.25) is 0 Å². The molecular formula is C27H28N2O. The highest BCUT2D eigenvalue weighted by Gasteiger charge is 2.39. The van der Waals surface area contributed by atoms with Gasteiger partial charge in [0.15, 0.2) is 0 Å². The van der Waals surface area contributed by atoms with Crippen LogP contribution in [-0.2, 0) is 0 Å². The lowest BCUT2D eigenvalue weighted by Gasteiger charge is -2.39. The van der Waals surface area contributed by atoms with E-state index in [4.69, 9.17) is 0 Å². The number of carbonyl (C=O) groups excluding carboxylic acids is 1. The van der Waals surface area contributed by atoms with Crippen LogP contribution in [0.4, 0.5) is 5.69 Å². The predicted molar refractivity (Wildman–Crippen MR) is 124 cm³/mol. The van der Waals surface area contributed by atoms with Gasteiger partial charge in [0.05, 0.1) is 17.3 Å². The lowest BCUT2D eigenvalue weighted by molar-refractivity contribution is 0.0920. The van der Waals surface area contributed by atoms with E-state index in [-0.39, 0.29) is 17.5 Å². The molecule has 3 aromatic rings. The van der Waals surface area contributed by atoms with Gasteiger partial charge in [-0.15, -0.1) is 0 Å². The molecule has 0 radical (unpaired) electrons. The van der Waals surface area contributed by atoms with E-state index in [2.05, 4.69) is 71.3 Å². The summed E-state index contributed by atoms with van der Waals surface area (Å²) in [5.41, 5.74) is 3.96. The van der Waals surface area contributed by atoms with Gasteiger partial charge in [-0.1, -0.05) is 66.7 Å². The van der Waals surface area contributed by atoms with E-state index in [9.17, 15) is 4.79 Å². The molecule has 3 aromatic carbocycles. The number of rotatable bonds is 2. The zero-order chi connectivity index (χ0) is 20.9. The third-order valence-corrected chi connectivity index (χ3v) is 6.29. The van der Waals surface area contributed by atoms with Gasteiger partial charge in [-0.25, -0.2) is 0 Å². The molecule has 3 atom stereocenters. The fourth-order valence-corrected chi connectivity index (χ4v) is 5.05.